The van der Waals surface area contributed by atoms with Gasteiger partial charge in [-0.05, 0) is 23.9 Å². The van der Waals surface area contributed by atoms with E-state index < -0.39 is 6.04 Å². The van der Waals surface area contributed by atoms with Gasteiger partial charge in [0.2, 0.25) is 4.77 Å². The van der Waals surface area contributed by atoms with Crippen molar-refractivity contribution < 1.29 is 6.85 Å². The molecule has 0 spiro atoms. The van der Waals surface area contributed by atoms with Crippen molar-refractivity contribution in [2.24, 2.45) is 0 Å². The third kappa shape index (κ3) is 2.17. The zero-order valence-electron chi connectivity index (χ0n) is 12.0. The highest BCUT2D eigenvalue weighted by molar-refractivity contribution is 7.71. The molecule has 0 aliphatic heterocycles. The molecule has 0 saturated carbocycles. The Morgan fingerprint density at radius 2 is 2.00 bits per heavy atom. The Bertz CT molecular complexity index is 689. The second-order valence-corrected chi connectivity index (χ2v) is 2.81. The monoisotopic (exact) mass is 208 g/mol. The van der Waals surface area contributed by atoms with E-state index in [4.69, 9.17) is 19.1 Å². The molecule has 0 fully saturated rings. The van der Waals surface area contributed by atoms with Crippen molar-refractivity contribution in [3.63, 3.8) is 0 Å². The Balaban J connectivity index is 2.51. The molecule has 0 atom stereocenters. The van der Waals surface area contributed by atoms with Crippen LogP contribution in [0.1, 0.15) is 18.2 Å². The fourth-order valence-corrected chi connectivity index (χ4v) is 1.02. The number of benzene rings is 1. The summed E-state index contributed by atoms with van der Waals surface area (Å²) >= 11 is 4.78. The number of nitrogens with zero attached hydrogens (tertiary/aromatic N) is 1. The maximum absolute atomic E-state index is 7.72. The Kier molecular flexibility index (Phi) is 1.35. The first-order valence-electron chi connectivity index (χ1n) is 6.31. The smallest absolute Gasteiger partial charge is 0.213 e. The second kappa shape index (κ2) is 4.02. The Morgan fingerprint density at radius 1 is 1.21 bits per heavy atom. The van der Waals surface area contributed by atoms with Gasteiger partial charge < -0.3 is 0 Å². The minimum absolute atomic E-state index is 0.105. The molecule has 2 aromatic rings. The van der Waals surface area contributed by atoms with Crippen LogP contribution in [-0.2, 0) is 0 Å². The van der Waals surface area contributed by atoms with E-state index in [1.54, 1.807) is 0 Å². The SMILES string of the molecule is [2H]c1c([2H])c([2H])c(/C=C/c2nc(=S)[nH][nH]2)c([2H])c1[2H]. The summed E-state index contributed by atoms with van der Waals surface area (Å²) in [5.41, 5.74) is 0.105. The van der Waals surface area contributed by atoms with Gasteiger partial charge in [-0.2, -0.15) is 0 Å². The van der Waals surface area contributed by atoms with Crippen LogP contribution in [0.5, 0.6) is 0 Å². The zero-order valence-corrected chi connectivity index (χ0v) is 7.83. The van der Waals surface area contributed by atoms with Gasteiger partial charge in [0.05, 0.1) is 6.85 Å². The first kappa shape index (κ1) is 4.70. The number of rotatable bonds is 2. The van der Waals surface area contributed by atoms with Crippen molar-refractivity contribution in [2.75, 3.05) is 0 Å². The fraction of sp³-hybridized carbons (Fsp3) is 0. The van der Waals surface area contributed by atoms with Crippen LogP contribution >= 0.6 is 12.2 Å². The molecule has 0 unspecified atom stereocenters. The molecule has 0 aliphatic carbocycles. The summed E-state index contributed by atoms with van der Waals surface area (Å²) in [6, 6.07) is -1.65. The largest absolute Gasteiger partial charge is 0.282 e. The van der Waals surface area contributed by atoms with Gasteiger partial charge in [0.1, 0.15) is 5.82 Å². The van der Waals surface area contributed by atoms with Gasteiger partial charge in [0.25, 0.3) is 0 Å². The summed E-state index contributed by atoms with van der Waals surface area (Å²) in [6.07, 6.45) is 2.89. The zero-order chi connectivity index (χ0) is 14.2. The van der Waals surface area contributed by atoms with E-state index in [1.165, 1.54) is 12.2 Å². The average molecular weight is 208 g/mol. The third-order valence-corrected chi connectivity index (χ3v) is 1.64. The fourth-order valence-electron chi connectivity index (χ4n) is 0.867. The van der Waals surface area contributed by atoms with E-state index in [0.717, 1.165) is 0 Å². The summed E-state index contributed by atoms with van der Waals surface area (Å²) in [4.78, 5) is 3.91. The van der Waals surface area contributed by atoms with Gasteiger partial charge in [-0.15, -0.1) is 0 Å². The Labute approximate surface area is 93.5 Å². The first-order chi connectivity index (χ1) is 8.91. The molecule has 0 aliphatic rings. The maximum Gasteiger partial charge on any atom is 0.213 e. The first-order valence-corrected chi connectivity index (χ1v) is 4.22. The molecule has 14 heavy (non-hydrogen) atoms. The second-order valence-electron chi connectivity index (χ2n) is 2.42. The molecule has 1 aromatic carbocycles. The van der Waals surface area contributed by atoms with E-state index in [9.17, 15) is 0 Å². The summed E-state index contributed by atoms with van der Waals surface area (Å²) < 4.78 is 38.3. The quantitative estimate of drug-likeness (QED) is 0.745. The molecule has 0 radical (unpaired) electrons. The predicted octanol–water partition coefficient (Wildman–Crippen LogP) is 2.64. The van der Waals surface area contributed by atoms with E-state index in [0.29, 0.717) is 5.82 Å². The lowest BCUT2D eigenvalue weighted by Gasteiger charge is -1.89. The number of nitrogens with one attached hydrogen (secondary N) is 2. The summed E-state index contributed by atoms with van der Waals surface area (Å²) in [7, 11) is 0. The minimum Gasteiger partial charge on any atom is -0.282 e. The van der Waals surface area contributed by atoms with E-state index in [1.807, 2.05) is 0 Å². The molecule has 2 N–H and O–H groups in total. The molecule has 4 heteroatoms. The van der Waals surface area contributed by atoms with E-state index >= 15 is 0 Å². The molecule has 0 saturated heterocycles. The highest BCUT2D eigenvalue weighted by atomic mass is 32.1. The molecule has 0 bridgehead atoms. The van der Waals surface area contributed by atoms with Gasteiger partial charge >= 0.3 is 0 Å². The summed E-state index contributed by atoms with van der Waals surface area (Å²) in [5, 5.41) is 5.27. The number of aromatic nitrogens is 3. The van der Waals surface area contributed by atoms with Crippen LogP contribution in [-0.4, -0.2) is 15.2 Å². The average Bonchev–Trinajstić information content (AvgIpc) is 2.80. The van der Waals surface area contributed by atoms with Crippen molar-refractivity contribution in [1.82, 2.24) is 15.2 Å². The number of hydrogen-bond donors (Lipinski definition) is 2. The van der Waals surface area contributed by atoms with Crippen LogP contribution in [0.15, 0.2) is 30.2 Å². The topological polar surface area (TPSA) is 44.5 Å². The minimum atomic E-state index is -0.411. The van der Waals surface area contributed by atoms with Gasteiger partial charge in [0.15, 0.2) is 0 Å². The van der Waals surface area contributed by atoms with Crippen molar-refractivity contribution >= 4 is 24.4 Å². The van der Waals surface area contributed by atoms with Crippen molar-refractivity contribution in [3.8, 4) is 0 Å². The van der Waals surface area contributed by atoms with Crippen molar-refractivity contribution in [1.29, 1.82) is 0 Å². The van der Waals surface area contributed by atoms with Crippen LogP contribution in [0.25, 0.3) is 12.2 Å². The lowest BCUT2D eigenvalue weighted by Crippen LogP contribution is -1.74. The van der Waals surface area contributed by atoms with Crippen molar-refractivity contribution in [2.45, 2.75) is 0 Å². The molecule has 2 rings (SSSR count). The van der Waals surface area contributed by atoms with Crippen LogP contribution in [0.3, 0.4) is 0 Å². The van der Waals surface area contributed by atoms with Gasteiger partial charge in [0, 0.05) is 0 Å². The maximum atomic E-state index is 7.72. The highest BCUT2D eigenvalue weighted by Gasteiger charge is 1.89. The number of H-pyrrole nitrogens is 2. The number of hydrogen-bond acceptors (Lipinski definition) is 2. The summed E-state index contributed by atoms with van der Waals surface area (Å²) in [5.74, 6) is 0.414. The van der Waals surface area contributed by atoms with Gasteiger partial charge in [-0.1, -0.05) is 36.3 Å². The molecule has 3 nitrogen and oxygen atoms in total. The highest BCUT2D eigenvalue weighted by Crippen LogP contribution is 2.03. The van der Waals surface area contributed by atoms with E-state index in [2.05, 4.69) is 15.2 Å². The van der Waals surface area contributed by atoms with Crippen LogP contribution < -0.4 is 0 Å². The predicted molar refractivity (Wildman–Crippen MR) is 59.1 cm³/mol. The van der Waals surface area contributed by atoms with Crippen LogP contribution in [0.4, 0.5) is 0 Å². The summed E-state index contributed by atoms with van der Waals surface area (Å²) in [6.45, 7) is 0. The molecule has 70 valence electrons. The van der Waals surface area contributed by atoms with Gasteiger partial charge in [-0.3, -0.25) is 10.2 Å². The molecular weight excluding hydrogens is 194 g/mol. The van der Waals surface area contributed by atoms with Gasteiger partial charge in [-0.25, -0.2) is 4.98 Å². The lowest BCUT2D eigenvalue weighted by molar-refractivity contribution is 1.07. The molecular formula is C10H9N3S. The third-order valence-electron chi connectivity index (χ3n) is 1.45. The van der Waals surface area contributed by atoms with Crippen molar-refractivity contribution in [3.05, 3.63) is 46.4 Å². The molecule has 0 amide bonds. The Morgan fingerprint density at radius 3 is 2.64 bits per heavy atom. The van der Waals surface area contributed by atoms with E-state index in [-0.39, 0.29) is 34.5 Å². The van der Waals surface area contributed by atoms with Crippen LogP contribution in [0.2, 0.25) is 0 Å². The Hall–Kier alpha value is -1.68. The van der Waals surface area contributed by atoms with Crippen LogP contribution in [0, 0.1) is 4.77 Å². The number of aromatic amines is 2. The molecule has 1 heterocycles. The normalized spacial score (nSPS) is 15.9. The lowest BCUT2D eigenvalue weighted by atomic mass is 10.2. The molecule has 1 aromatic heterocycles. The standard InChI is InChI=1S/C10H9N3S/c14-10-11-9(12-13-10)7-6-8-4-2-1-3-5-8/h1-7H,(H2,11,12,13,14)/b7-6+/i1D,2D,3D,4D,5D.